The van der Waals surface area contributed by atoms with Crippen LogP contribution < -0.4 is 20.1 Å². The molecule has 0 atom stereocenters. The zero-order valence-electron chi connectivity index (χ0n) is 15.0. The van der Waals surface area contributed by atoms with Crippen molar-refractivity contribution in [1.29, 1.82) is 0 Å². The van der Waals surface area contributed by atoms with Crippen molar-refractivity contribution in [1.82, 2.24) is 10.6 Å². The first kappa shape index (κ1) is 20.3. The maximum atomic E-state index is 5.40. The third-order valence-electron chi connectivity index (χ3n) is 3.88. The Balaban J connectivity index is 0.00000243. The topological polar surface area (TPSA) is 64.1 Å². The zero-order valence-corrected chi connectivity index (χ0v) is 17.3. The van der Waals surface area contributed by atoms with Gasteiger partial charge >= 0.3 is 0 Å². The summed E-state index contributed by atoms with van der Waals surface area (Å²) in [6.07, 6.45) is 0. The molecule has 1 aliphatic rings. The van der Waals surface area contributed by atoms with E-state index in [9.17, 15) is 0 Å². The van der Waals surface area contributed by atoms with E-state index in [2.05, 4.69) is 33.8 Å². The number of fused-ring (bicyclic) bond motifs is 1. The van der Waals surface area contributed by atoms with E-state index in [1.165, 1.54) is 5.56 Å². The van der Waals surface area contributed by atoms with Crippen LogP contribution in [-0.2, 0) is 24.4 Å². The van der Waals surface area contributed by atoms with Crippen molar-refractivity contribution in [3.8, 4) is 11.5 Å². The molecule has 0 aromatic heterocycles. The first-order valence-electron chi connectivity index (χ1n) is 8.18. The molecule has 0 radical (unpaired) electrons. The van der Waals surface area contributed by atoms with Gasteiger partial charge in [0.05, 0.1) is 6.61 Å². The summed E-state index contributed by atoms with van der Waals surface area (Å²) in [5.41, 5.74) is 3.44. The van der Waals surface area contributed by atoms with Crippen LogP contribution in [0.4, 0.5) is 0 Å². The summed E-state index contributed by atoms with van der Waals surface area (Å²) in [5, 5.41) is 6.62. The van der Waals surface area contributed by atoms with Gasteiger partial charge in [0.25, 0.3) is 0 Å². The second kappa shape index (κ2) is 10.2. The summed E-state index contributed by atoms with van der Waals surface area (Å²) < 4.78 is 15.9. The van der Waals surface area contributed by atoms with Gasteiger partial charge in [0.2, 0.25) is 6.79 Å². The summed E-state index contributed by atoms with van der Waals surface area (Å²) >= 11 is 0. The Hall–Kier alpha value is -2.00. The van der Waals surface area contributed by atoms with Gasteiger partial charge in [-0.25, -0.2) is 0 Å². The minimum absolute atomic E-state index is 0. The summed E-state index contributed by atoms with van der Waals surface area (Å²) in [5.74, 6) is 2.33. The number of guanidine groups is 1. The number of methoxy groups -OCH3 is 1. The second-order valence-electron chi connectivity index (χ2n) is 5.72. The minimum atomic E-state index is 0. The normalized spacial score (nSPS) is 12.5. The van der Waals surface area contributed by atoms with Crippen LogP contribution >= 0.6 is 24.0 Å². The molecule has 0 bridgehead atoms. The number of nitrogens with zero attached hydrogens (tertiary/aromatic N) is 1. The van der Waals surface area contributed by atoms with E-state index in [1.54, 1.807) is 14.2 Å². The van der Waals surface area contributed by atoms with Gasteiger partial charge in [0, 0.05) is 27.2 Å². The Morgan fingerprint density at radius 3 is 2.42 bits per heavy atom. The molecule has 0 fully saturated rings. The van der Waals surface area contributed by atoms with E-state index >= 15 is 0 Å². The summed E-state index contributed by atoms with van der Waals surface area (Å²) in [4.78, 5) is 4.26. The maximum absolute atomic E-state index is 5.40. The molecular weight excluding hydrogens is 445 g/mol. The molecule has 1 aliphatic heterocycles. The van der Waals surface area contributed by atoms with Crippen LogP contribution in [0, 0.1) is 0 Å². The van der Waals surface area contributed by atoms with Crippen molar-refractivity contribution < 1.29 is 14.2 Å². The molecule has 0 aliphatic carbocycles. The lowest BCUT2D eigenvalue weighted by Crippen LogP contribution is -2.36. The van der Waals surface area contributed by atoms with Crippen molar-refractivity contribution in [3.63, 3.8) is 0 Å². The third-order valence-corrected chi connectivity index (χ3v) is 3.88. The molecule has 140 valence electrons. The predicted molar refractivity (Wildman–Crippen MR) is 112 cm³/mol. The molecule has 0 amide bonds. The average Bonchev–Trinajstić information content (AvgIpc) is 3.10. The fraction of sp³-hybridized carbons (Fsp3) is 0.316. The summed E-state index contributed by atoms with van der Waals surface area (Å²) in [6.45, 7) is 2.25. The quantitative estimate of drug-likeness (QED) is 0.387. The SMILES string of the molecule is CN=C(NCc1cccc(COC)c1)NCc1ccc2c(c1)OCO2.I. The average molecular weight is 469 g/mol. The highest BCUT2D eigenvalue weighted by molar-refractivity contribution is 14.0. The number of nitrogens with one attached hydrogen (secondary N) is 2. The van der Waals surface area contributed by atoms with E-state index in [-0.39, 0.29) is 30.8 Å². The van der Waals surface area contributed by atoms with E-state index in [1.807, 2.05) is 24.3 Å². The molecule has 2 aromatic rings. The van der Waals surface area contributed by atoms with Crippen LogP contribution in [0.25, 0.3) is 0 Å². The molecule has 26 heavy (non-hydrogen) atoms. The largest absolute Gasteiger partial charge is 0.454 e. The van der Waals surface area contributed by atoms with Gasteiger partial charge in [-0.2, -0.15) is 0 Å². The lowest BCUT2D eigenvalue weighted by Gasteiger charge is -2.13. The Morgan fingerprint density at radius 2 is 1.69 bits per heavy atom. The number of aliphatic imine (C=N–C) groups is 1. The predicted octanol–water partition coefficient (Wildman–Crippen LogP) is 3.04. The fourth-order valence-electron chi connectivity index (χ4n) is 2.64. The lowest BCUT2D eigenvalue weighted by atomic mass is 10.1. The molecule has 0 spiro atoms. The lowest BCUT2D eigenvalue weighted by molar-refractivity contribution is 0.174. The van der Waals surface area contributed by atoms with Gasteiger partial charge in [0.1, 0.15) is 0 Å². The molecule has 0 saturated heterocycles. The highest BCUT2D eigenvalue weighted by atomic mass is 127. The van der Waals surface area contributed by atoms with Crippen molar-refractivity contribution in [2.45, 2.75) is 19.7 Å². The monoisotopic (exact) mass is 469 g/mol. The Bertz CT molecular complexity index is 753. The van der Waals surface area contributed by atoms with Gasteiger partial charge in [-0.3, -0.25) is 4.99 Å². The number of benzene rings is 2. The summed E-state index contributed by atoms with van der Waals surface area (Å²) in [7, 11) is 3.46. The minimum Gasteiger partial charge on any atom is -0.454 e. The molecule has 7 heteroatoms. The van der Waals surface area contributed by atoms with Crippen molar-refractivity contribution >= 4 is 29.9 Å². The molecular formula is C19H24IN3O3. The first-order chi connectivity index (χ1) is 12.3. The maximum Gasteiger partial charge on any atom is 0.231 e. The van der Waals surface area contributed by atoms with Crippen LogP contribution in [0.3, 0.4) is 0 Å². The van der Waals surface area contributed by atoms with E-state index in [0.29, 0.717) is 19.7 Å². The second-order valence-corrected chi connectivity index (χ2v) is 5.72. The van der Waals surface area contributed by atoms with Gasteiger partial charge in [-0.05, 0) is 28.8 Å². The highest BCUT2D eigenvalue weighted by Gasteiger charge is 2.13. The first-order valence-corrected chi connectivity index (χ1v) is 8.18. The number of ether oxygens (including phenoxy) is 3. The molecule has 6 nitrogen and oxygen atoms in total. The number of rotatable bonds is 6. The number of hydrogen-bond acceptors (Lipinski definition) is 4. The third kappa shape index (κ3) is 5.50. The van der Waals surface area contributed by atoms with Crippen LogP contribution in [0.1, 0.15) is 16.7 Å². The van der Waals surface area contributed by atoms with Crippen LogP contribution in [0.5, 0.6) is 11.5 Å². The van der Waals surface area contributed by atoms with Crippen LogP contribution in [0.2, 0.25) is 0 Å². The van der Waals surface area contributed by atoms with Crippen molar-refractivity contribution in [2.75, 3.05) is 21.0 Å². The highest BCUT2D eigenvalue weighted by Crippen LogP contribution is 2.32. The Kier molecular flexibility index (Phi) is 7.99. The van der Waals surface area contributed by atoms with Crippen molar-refractivity contribution in [2.24, 2.45) is 4.99 Å². The van der Waals surface area contributed by atoms with E-state index < -0.39 is 0 Å². The number of hydrogen-bond donors (Lipinski definition) is 2. The standard InChI is InChI=1S/C19H23N3O3.HI/c1-20-19(21-10-14-4-3-5-16(8-14)12-23-2)22-11-15-6-7-17-18(9-15)25-13-24-17;/h3-9H,10-13H2,1-2H3,(H2,20,21,22);1H. The Morgan fingerprint density at radius 1 is 1.00 bits per heavy atom. The van der Waals surface area contributed by atoms with Gasteiger partial charge in [0.15, 0.2) is 17.5 Å². The van der Waals surface area contributed by atoms with E-state index in [0.717, 1.165) is 28.6 Å². The van der Waals surface area contributed by atoms with Gasteiger partial charge < -0.3 is 24.8 Å². The smallest absolute Gasteiger partial charge is 0.231 e. The zero-order chi connectivity index (χ0) is 17.5. The Labute approximate surface area is 171 Å². The molecule has 1 heterocycles. The molecule has 2 N–H and O–H groups in total. The van der Waals surface area contributed by atoms with Crippen LogP contribution in [0.15, 0.2) is 47.5 Å². The molecule has 0 saturated carbocycles. The van der Waals surface area contributed by atoms with Gasteiger partial charge in [-0.1, -0.05) is 30.3 Å². The molecule has 3 rings (SSSR count). The van der Waals surface area contributed by atoms with E-state index in [4.69, 9.17) is 14.2 Å². The number of halogens is 1. The molecule has 2 aromatic carbocycles. The summed E-state index contributed by atoms with van der Waals surface area (Å²) in [6, 6.07) is 14.2. The van der Waals surface area contributed by atoms with Crippen molar-refractivity contribution in [3.05, 3.63) is 59.2 Å². The molecule has 0 unspecified atom stereocenters. The van der Waals surface area contributed by atoms with Gasteiger partial charge in [-0.15, -0.1) is 24.0 Å². The van der Waals surface area contributed by atoms with Crippen LogP contribution in [-0.4, -0.2) is 26.9 Å². The fourth-order valence-corrected chi connectivity index (χ4v) is 2.64.